The van der Waals surface area contributed by atoms with Crippen LogP contribution in [0.2, 0.25) is 0 Å². The van der Waals surface area contributed by atoms with Crippen molar-refractivity contribution in [3.63, 3.8) is 0 Å². The van der Waals surface area contributed by atoms with Crippen molar-refractivity contribution in [3.8, 4) is 0 Å². The maximum atomic E-state index is 10.2. The zero-order valence-corrected chi connectivity index (χ0v) is 9.70. The molecule has 1 aliphatic rings. The highest BCUT2D eigenvalue weighted by Crippen LogP contribution is 1.94. The molecule has 0 bridgehead atoms. The Bertz CT molecular complexity index is 177. The lowest BCUT2D eigenvalue weighted by molar-refractivity contribution is -0.140. The Morgan fingerprint density at radius 2 is 2.13 bits per heavy atom. The SMILES string of the molecule is C=CN1CCOCC1.CCCC(=O)OC. The molecule has 1 saturated heterocycles. The molecule has 0 spiro atoms. The molecule has 0 amide bonds. The van der Waals surface area contributed by atoms with E-state index in [1.807, 2.05) is 13.1 Å². The van der Waals surface area contributed by atoms with Gasteiger partial charge < -0.3 is 14.4 Å². The molecule has 0 aromatic heterocycles. The van der Waals surface area contributed by atoms with E-state index in [-0.39, 0.29) is 5.97 Å². The van der Waals surface area contributed by atoms with E-state index in [0.29, 0.717) is 6.42 Å². The molecular formula is C11H21NO3. The van der Waals surface area contributed by atoms with Gasteiger partial charge in [-0.25, -0.2) is 0 Å². The average Bonchev–Trinajstić information content (AvgIpc) is 2.31. The molecule has 15 heavy (non-hydrogen) atoms. The molecule has 4 nitrogen and oxygen atoms in total. The molecule has 1 fully saturated rings. The van der Waals surface area contributed by atoms with Crippen LogP contribution in [0.3, 0.4) is 0 Å². The summed E-state index contributed by atoms with van der Waals surface area (Å²) in [6.45, 7) is 9.31. The van der Waals surface area contributed by atoms with Crippen LogP contribution in [0.5, 0.6) is 0 Å². The van der Waals surface area contributed by atoms with Gasteiger partial charge in [0.25, 0.3) is 0 Å². The van der Waals surface area contributed by atoms with Crippen LogP contribution >= 0.6 is 0 Å². The standard InChI is InChI=1S/C6H11NO.C5H10O2/c1-2-7-3-5-8-6-4-7;1-3-4-5(6)7-2/h2H,1,3-6H2;3-4H2,1-2H3. The maximum Gasteiger partial charge on any atom is 0.305 e. The first-order chi connectivity index (χ1) is 7.24. The van der Waals surface area contributed by atoms with Crippen LogP contribution in [0.15, 0.2) is 12.8 Å². The third-order valence-electron chi connectivity index (χ3n) is 1.99. The molecule has 0 aromatic carbocycles. The van der Waals surface area contributed by atoms with E-state index < -0.39 is 0 Å². The maximum absolute atomic E-state index is 10.2. The second-order valence-electron chi connectivity index (χ2n) is 3.16. The van der Waals surface area contributed by atoms with Crippen molar-refractivity contribution in [3.05, 3.63) is 12.8 Å². The Morgan fingerprint density at radius 1 is 1.53 bits per heavy atom. The van der Waals surface area contributed by atoms with Crippen molar-refractivity contribution in [2.45, 2.75) is 19.8 Å². The Hall–Kier alpha value is -1.03. The average molecular weight is 215 g/mol. The van der Waals surface area contributed by atoms with Crippen LogP contribution in [0.25, 0.3) is 0 Å². The van der Waals surface area contributed by atoms with Crippen LogP contribution in [0, 0.1) is 0 Å². The van der Waals surface area contributed by atoms with E-state index in [1.54, 1.807) is 0 Å². The summed E-state index contributed by atoms with van der Waals surface area (Å²) >= 11 is 0. The number of methoxy groups -OCH3 is 1. The van der Waals surface area contributed by atoms with Gasteiger partial charge in [0.2, 0.25) is 0 Å². The third kappa shape index (κ3) is 8.00. The van der Waals surface area contributed by atoms with E-state index in [4.69, 9.17) is 4.74 Å². The summed E-state index contributed by atoms with van der Waals surface area (Å²) in [4.78, 5) is 12.3. The summed E-state index contributed by atoms with van der Waals surface area (Å²) in [7, 11) is 1.40. The number of carbonyl (C=O) groups is 1. The molecule has 4 heteroatoms. The number of esters is 1. The predicted octanol–water partition coefficient (Wildman–Crippen LogP) is 1.42. The molecular weight excluding hydrogens is 194 g/mol. The van der Waals surface area contributed by atoms with E-state index in [1.165, 1.54) is 7.11 Å². The first-order valence-electron chi connectivity index (χ1n) is 5.25. The summed E-state index contributed by atoms with van der Waals surface area (Å²) in [6, 6.07) is 0. The number of hydrogen-bond donors (Lipinski definition) is 0. The first-order valence-corrected chi connectivity index (χ1v) is 5.25. The Morgan fingerprint density at radius 3 is 2.40 bits per heavy atom. The highest BCUT2D eigenvalue weighted by Gasteiger charge is 2.03. The summed E-state index contributed by atoms with van der Waals surface area (Å²) in [5.74, 6) is -0.123. The van der Waals surface area contributed by atoms with Gasteiger partial charge in [-0.05, 0) is 12.6 Å². The van der Waals surface area contributed by atoms with E-state index >= 15 is 0 Å². The molecule has 0 radical (unpaired) electrons. The van der Waals surface area contributed by atoms with E-state index in [0.717, 1.165) is 32.7 Å². The van der Waals surface area contributed by atoms with Crippen LogP contribution in [-0.4, -0.2) is 44.3 Å². The van der Waals surface area contributed by atoms with Gasteiger partial charge in [0.1, 0.15) is 0 Å². The summed E-state index contributed by atoms with van der Waals surface area (Å²) < 4.78 is 9.46. The van der Waals surface area contributed by atoms with Gasteiger partial charge in [-0.15, -0.1) is 0 Å². The summed E-state index contributed by atoms with van der Waals surface area (Å²) in [6.07, 6.45) is 3.27. The minimum Gasteiger partial charge on any atom is -0.469 e. The van der Waals surface area contributed by atoms with E-state index in [2.05, 4.69) is 16.2 Å². The van der Waals surface area contributed by atoms with Gasteiger partial charge in [0.15, 0.2) is 0 Å². The lowest BCUT2D eigenvalue weighted by Crippen LogP contribution is -2.31. The smallest absolute Gasteiger partial charge is 0.305 e. The fraction of sp³-hybridized carbons (Fsp3) is 0.727. The summed E-state index contributed by atoms with van der Waals surface area (Å²) in [5, 5.41) is 0. The molecule has 0 unspecified atom stereocenters. The van der Waals surface area contributed by atoms with Crippen molar-refractivity contribution in [2.75, 3.05) is 33.4 Å². The fourth-order valence-electron chi connectivity index (χ4n) is 1.07. The Labute approximate surface area is 91.8 Å². The number of ether oxygens (including phenoxy) is 2. The Kier molecular flexibility index (Phi) is 8.87. The number of rotatable bonds is 3. The second kappa shape index (κ2) is 9.52. The molecule has 0 saturated carbocycles. The predicted molar refractivity (Wildman–Crippen MR) is 59.5 cm³/mol. The zero-order valence-electron chi connectivity index (χ0n) is 9.70. The number of morpholine rings is 1. The van der Waals surface area contributed by atoms with Crippen molar-refractivity contribution in [1.82, 2.24) is 4.90 Å². The van der Waals surface area contributed by atoms with Crippen molar-refractivity contribution >= 4 is 5.97 Å². The summed E-state index contributed by atoms with van der Waals surface area (Å²) in [5.41, 5.74) is 0. The van der Waals surface area contributed by atoms with Crippen LogP contribution in [0.4, 0.5) is 0 Å². The fourth-order valence-corrected chi connectivity index (χ4v) is 1.07. The lowest BCUT2D eigenvalue weighted by Gasteiger charge is -2.24. The minimum absolute atomic E-state index is 0.123. The van der Waals surface area contributed by atoms with Crippen molar-refractivity contribution in [2.24, 2.45) is 0 Å². The topological polar surface area (TPSA) is 38.8 Å². The first kappa shape index (κ1) is 14.0. The molecule has 0 aromatic rings. The number of hydrogen-bond acceptors (Lipinski definition) is 4. The quantitative estimate of drug-likeness (QED) is 0.667. The number of nitrogens with zero attached hydrogens (tertiary/aromatic N) is 1. The second-order valence-corrected chi connectivity index (χ2v) is 3.16. The van der Waals surface area contributed by atoms with Crippen LogP contribution in [0.1, 0.15) is 19.8 Å². The van der Waals surface area contributed by atoms with Crippen LogP contribution < -0.4 is 0 Å². The monoisotopic (exact) mass is 215 g/mol. The Balaban J connectivity index is 0.000000265. The highest BCUT2D eigenvalue weighted by molar-refractivity contribution is 5.68. The highest BCUT2D eigenvalue weighted by atomic mass is 16.5. The minimum atomic E-state index is -0.123. The molecule has 0 N–H and O–H groups in total. The molecule has 0 atom stereocenters. The largest absolute Gasteiger partial charge is 0.469 e. The van der Waals surface area contributed by atoms with Gasteiger partial charge >= 0.3 is 5.97 Å². The van der Waals surface area contributed by atoms with Gasteiger partial charge in [-0.3, -0.25) is 4.79 Å². The van der Waals surface area contributed by atoms with Crippen LogP contribution in [-0.2, 0) is 14.3 Å². The molecule has 0 aliphatic carbocycles. The van der Waals surface area contributed by atoms with Gasteiger partial charge in [-0.2, -0.15) is 0 Å². The lowest BCUT2D eigenvalue weighted by atomic mass is 10.3. The molecule has 1 aliphatic heterocycles. The molecule has 1 heterocycles. The van der Waals surface area contributed by atoms with Gasteiger partial charge in [0.05, 0.1) is 20.3 Å². The van der Waals surface area contributed by atoms with Gasteiger partial charge in [0, 0.05) is 19.5 Å². The van der Waals surface area contributed by atoms with Crippen molar-refractivity contribution in [1.29, 1.82) is 0 Å². The zero-order chi connectivity index (χ0) is 11.5. The molecule has 1 rings (SSSR count). The van der Waals surface area contributed by atoms with Crippen molar-refractivity contribution < 1.29 is 14.3 Å². The van der Waals surface area contributed by atoms with Gasteiger partial charge in [-0.1, -0.05) is 13.5 Å². The number of carbonyl (C=O) groups excluding carboxylic acids is 1. The van der Waals surface area contributed by atoms with E-state index in [9.17, 15) is 4.79 Å². The molecule has 88 valence electrons. The third-order valence-corrected chi connectivity index (χ3v) is 1.99. The normalized spacial score (nSPS) is 14.9.